The van der Waals surface area contributed by atoms with Crippen LogP contribution >= 0.6 is 0 Å². The molecule has 0 spiro atoms. The summed E-state index contributed by atoms with van der Waals surface area (Å²) in [5, 5.41) is 20.7. The molecule has 0 bridgehead atoms. The van der Waals surface area contributed by atoms with Crippen molar-refractivity contribution in [1.82, 2.24) is 0 Å². The van der Waals surface area contributed by atoms with Crippen LogP contribution in [0.5, 0.6) is 5.75 Å². The Morgan fingerprint density at radius 2 is 1.71 bits per heavy atom. The standard InChI is InChI=1S/C20H18O4/c1-20(2)8-10-6-7-12-17(15(10)14(22)9-20)19(24)16-11(18(12)23)4-3-5-13(16)21/h3-7,14,21-22H,8-9H2,1-2H3. The number of carbonyl (C=O) groups excluding carboxylic acids is 2. The van der Waals surface area contributed by atoms with Crippen molar-refractivity contribution in [1.29, 1.82) is 0 Å². The van der Waals surface area contributed by atoms with Crippen LogP contribution < -0.4 is 0 Å². The van der Waals surface area contributed by atoms with E-state index in [9.17, 15) is 19.8 Å². The molecule has 2 aromatic carbocycles. The highest BCUT2D eigenvalue weighted by molar-refractivity contribution is 6.29. The topological polar surface area (TPSA) is 74.6 Å². The third-order valence-corrected chi connectivity index (χ3v) is 5.07. The summed E-state index contributed by atoms with van der Waals surface area (Å²) >= 11 is 0. The van der Waals surface area contributed by atoms with E-state index in [0.717, 1.165) is 12.0 Å². The van der Waals surface area contributed by atoms with Gasteiger partial charge in [0.05, 0.1) is 11.7 Å². The quantitative estimate of drug-likeness (QED) is 0.666. The lowest BCUT2D eigenvalue weighted by atomic mass is 9.69. The van der Waals surface area contributed by atoms with Crippen molar-refractivity contribution in [2.24, 2.45) is 5.41 Å². The summed E-state index contributed by atoms with van der Waals surface area (Å²) < 4.78 is 0. The van der Waals surface area contributed by atoms with E-state index in [0.29, 0.717) is 17.5 Å². The highest BCUT2D eigenvalue weighted by Gasteiger charge is 2.39. The maximum atomic E-state index is 13.0. The molecule has 1 atom stereocenters. The van der Waals surface area contributed by atoms with Gasteiger partial charge in [-0.2, -0.15) is 0 Å². The highest BCUT2D eigenvalue weighted by Crippen LogP contribution is 2.45. The number of hydrogen-bond acceptors (Lipinski definition) is 4. The molecule has 2 N–H and O–H groups in total. The SMILES string of the molecule is CC1(C)Cc2ccc3c(c2C(O)C1)C(=O)c1c(O)cccc1C3=O. The summed E-state index contributed by atoms with van der Waals surface area (Å²) in [6, 6.07) is 8.04. The lowest BCUT2D eigenvalue weighted by molar-refractivity contribution is 0.0912. The van der Waals surface area contributed by atoms with Gasteiger partial charge in [-0.1, -0.05) is 32.0 Å². The van der Waals surface area contributed by atoms with Crippen molar-refractivity contribution < 1.29 is 19.8 Å². The van der Waals surface area contributed by atoms with E-state index in [2.05, 4.69) is 13.8 Å². The van der Waals surface area contributed by atoms with Gasteiger partial charge in [-0.15, -0.1) is 0 Å². The second kappa shape index (κ2) is 4.77. The Balaban J connectivity index is 2.01. The first-order chi connectivity index (χ1) is 11.3. The third kappa shape index (κ3) is 1.96. The summed E-state index contributed by atoms with van der Waals surface area (Å²) in [6.07, 6.45) is 0.482. The lowest BCUT2D eigenvalue weighted by Gasteiger charge is -2.36. The van der Waals surface area contributed by atoms with Gasteiger partial charge in [-0.05, 0) is 41.5 Å². The first kappa shape index (κ1) is 15.1. The van der Waals surface area contributed by atoms with Crippen molar-refractivity contribution >= 4 is 11.6 Å². The number of phenolic OH excluding ortho intramolecular Hbond substituents is 1. The molecule has 122 valence electrons. The Morgan fingerprint density at radius 1 is 1.00 bits per heavy atom. The summed E-state index contributed by atoms with van der Waals surface area (Å²) in [6.45, 7) is 4.15. The van der Waals surface area contributed by atoms with Crippen molar-refractivity contribution in [2.75, 3.05) is 0 Å². The molecule has 0 heterocycles. The summed E-state index contributed by atoms with van der Waals surface area (Å²) in [4.78, 5) is 25.8. The number of aromatic hydroxyl groups is 1. The Hall–Kier alpha value is -2.46. The van der Waals surface area contributed by atoms with Crippen LogP contribution in [0.2, 0.25) is 0 Å². The fourth-order valence-electron chi connectivity index (χ4n) is 4.08. The van der Waals surface area contributed by atoms with Crippen LogP contribution in [0.3, 0.4) is 0 Å². The van der Waals surface area contributed by atoms with E-state index < -0.39 is 6.10 Å². The summed E-state index contributed by atoms with van der Waals surface area (Å²) in [5.41, 5.74) is 2.22. The van der Waals surface area contributed by atoms with Gasteiger partial charge >= 0.3 is 0 Å². The van der Waals surface area contributed by atoms with Gasteiger partial charge in [-0.3, -0.25) is 9.59 Å². The molecular weight excluding hydrogens is 304 g/mol. The van der Waals surface area contributed by atoms with Gasteiger partial charge in [0.1, 0.15) is 5.75 Å². The third-order valence-electron chi connectivity index (χ3n) is 5.07. The van der Waals surface area contributed by atoms with E-state index in [4.69, 9.17) is 0 Å². The number of hydrogen-bond donors (Lipinski definition) is 2. The van der Waals surface area contributed by atoms with Crippen molar-refractivity contribution in [3.63, 3.8) is 0 Å². The van der Waals surface area contributed by atoms with E-state index in [-0.39, 0.29) is 39.4 Å². The van der Waals surface area contributed by atoms with Gasteiger partial charge in [0.15, 0.2) is 11.6 Å². The first-order valence-electron chi connectivity index (χ1n) is 8.05. The number of rotatable bonds is 0. The molecule has 0 saturated heterocycles. The Morgan fingerprint density at radius 3 is 2.46 bits per heavy atom. The monoisotopic (exact) mass is 322 g/mol. The average molecular weight is 322 g/mol. The maximum Gasteiger partial charge on any atom is 0.198 e. The molecule has 4 nitrogen and oxygen atoms in total. The minimum Gasteiger partial charge on any atom is -0.507 e. The van der Waals surface area contributed by atoms with Crippen LogP contribution in [0.1, 0.15) is 69.3 Å². The largest absolute Gasteiger partial charge is 0.507 e. The molecule has 4 rings (SSSR count). The van der Waals surface area contributed by atoms with Gasteiger partial charge < -0.3 is 10.2 Å². The number of aliphatic hydroxyl groups is 1. The number of aliphatic hydroxyl groups excluding tert-OH is 1. The minimum atomic E-state index is -0.789. The van der Waals surface area contributed by atoms with Crippen LogP contribution in [0.4, 0.5) is 0 Å². The zero-order chi connectivity index (χ0) is 17.2. The fourth-order valence-corrected chi connectivity index (χ4v) is 4.08. The Kier molecular flexibility index (Phi) is 3.00. The number of fused-ring (bicyclic) bond motifs is 4. The first-order valence-corrected chi connectivity index (χ1v) is 8.05. The molecule has 4 heteroatoms. The van der Waals surface area contributed by atoms with E-state index in [1.165, 1.54) is 6.07 Å². The predicted molar refractivity (Wildman–Crippen MR) is 88.5 cm³/mol. The van der Waals surface area contributed by atoms with Crippen LogP contribution in [0, 0.1) is 5.41 Å². The zero-order valence-corrected chi connectivity index (χ0v) is 13.6. The maximum absolute atomic E-state index is 13.0. The van der Waals surface area contributed by atoms with Gasteiger partial charge in [0, 0.05) is 16.7 Å². The van der Waals surface area contributed by atoms with E-state index in [1.54, 1.807) is 18.2 Å². The summed E-state index contributed by atoms with van der Waals surface area (Å²) in [7, 11) is 0. The average Bonchev–Trinajstić information content (AvgIpc) is 2.50. The number of phenols is 1. The predicted octanol–water partition coefficient (Wildman–Crippen LogP) is 3.17. The Labute approximate surface area is 139 Å². The fraction of sp³-hybridized carbons (Fsp3) is 0.300. The number of carbonyl (C=O) groups is 2. The smallest absolute Gasteiger partial charge is 0.198 e. The van der Waals surface area contributed by atoms with Gasteiger partial charge in [0.25, 0.3) is 0 Å². The Bertz CT molecular complexity index is 908. The van der Waals surface area contributed by atoms with Crippen LogP contribution in [-0.2, 0) is 6.42 Å². The molecule has 2 aromatic rings. The van der Waals surface area contributed by atoms with Crippen molar-refractivity contribution in [3.05, 3.63) is 63.7 Å². The van der Waals surface area contributed by atoms with Crippen molar-refractivity contribution in [2.45, 2.75) is 32.8 Å². The molecule has 24 heavy (non-hydrogen) atoms. The molecule has 0 saturated carbocycles. The molecule has 0 fully saturated rings. The van der Waals surface area contributed by atoms with Crippen LogP contribution in [-0.4, -0.2) is 21.8 Å². The van der Waals surface area contributed by atoms with Crippen LogP contribution in [0.15, 0.2) is 30.3 Å². The van der Waals surface area contributed by atoms with Crippen molar-refractivity contribution in [3.8, 4) is 5.75 Å². The number of ketones is 2. The molecule has 0 aliphatic heterocycles. The summed E-state index contributed by atoms with van der Waals surface area (Å²) in [5.74, 6) is -0.858. The molecule has 0 aromatic heterocycles. The lowest BCUT2D eigenvalue weighted by Crippen LogP contribution is -2.30. The highest BCUT2D eigenvalue weighted by atomic mass is 16.3. The molecule has 2 aliphatic carbocycles. The van der Waals surface area contributed by atoms with E-state index >= 15 is 0 Å². The molecule has 0 amide bonds. The van der Waals surface area contributed by atoms with E-state index in [1.807, 2.05) is 6.07 Å². The molecule has 0 radical (unpaired) electrons. The van der Waals surface area contributed by atoms with Gasteiger partial charge in [0.2, 0.25) is 0 Å². The normalized spacial score (nSPS) is 21.0. The zero-order valence-electron chi connectivity index (χ0n) is 13.6. The molecule has 1 unspecified atom stereocenters. The second-order valence-corrected chi connectivity index (χ2v) is 7.48. The van der Waals surface area contributed by atoms with Crippen LogP contribution in [0.25, 0.3) is 0 Å². The van der Waals surface area contributed by atoms with Gasteiger partial charge in [-0.25, -0.2) is 0 Å². The minimum absolute atomic E-state index is 0.0421. The molecular formula is C20H18O4. The molecule has 2 aliphatic rings. The second-order valence-electron chi connectivity index (χ2n) is 7.48. The number of benzene rings is 2.